The Morgan fingerprint density at radius 2 is 1.44 bits per heavy atom. The molecule has 0 saturated heterocycles. The van der Waals surface area contributed by atoms with Gasteiger partial charge in [-0.25, -0.2) is 0 Å². The van der Waals surface area contributed by atoms with Gasteiger partial charge in [-0.3, -0.25) is 4.79 Å². The molecule has 4 aromatic rings. The molecule has 1 aliphatic heterocycles. The number of ether oxygens (including phenoxy) is 2. The van der Waals surface area contributed by atoms with Gasteiger partial charge < -0.3 is 24.3 Å². The molecule has 1 atom stereocenters. The van der Waals surface area contributed by atoms with Crippen molar-refractivity contribution in [3.8, 4) is 11.5 Å². The molecule has 192 valence electrons. The number of carboxylic acid groups (broad SMARTS) is 1. The predicted octanol–water partition coefficient (Wildman–Crippen LogP) is 1.11. The van der Waals surface area contributed by atoms with Crippen LogP contribution in [0.15, 0.2) is 103 Å². The van der Waals surface area contributed by atoms with Gasteiger partial charge in [0.1, 0.15) is 6.61 Å². The van der Waals surface area contributed by atoms with Crippen LogP contribution in [0.1, 0.15) is 33.7 Å². The number of amides is 1. The van der Waals surface area contributed by atoms with Crippen LogP contribution in [0, 0.1) is 0 Å². The molecule has 1 amide bonds. The van der Waals surface area contributed by atoms with Gasteiger partial charge in [0.25, 0.3) is 0 Å². The number of rotatable bonds is 8. The number of methoxy groups -OCH3 is 1. The minimum atomic E-state index is -1.30. The second-order valence-electron chi connectivity index (χ2n) is 9.27. The second kappa shape index (κ2) is 13.4. The average molecular weight is 546 g/mol. The first kappa shape index (κ1) is 29.0. The van der Waals surface area contributed by atoms with Gasteiger partial charge in [0.05, 0.1) is 25.0 Å². The van der Waals surface area contributed by atoms with Crippen molar-refractivity contribution < 1.29 is 75.6 Å². The molecule has 0 spiro atoms. The number of benzene rings is 4. The molecule has 6 nitrogen and oxygen atoms in total. The van der Waals surface area contributed by atoms with Crippen LogP contribution in [0.5, 0.6) is 11.5 Å². The molecule has 0 saturated carbocycles. The normalized spacial score (nSPS) is 14.2. The SMILES string of the molecule is COc1ccc2c(c1OCc1ccccc1)CC(C(=O)[O-])N(C(=O)C(c1ccccc1)c1ccccc1)C2.[K+]. The molecule has 0 aromatic heterocycles. The van der Waals surface area contributed by atoms with Crippen LogP contribution in [-0.2, 0) is 29.2 Å². The number of nitrogens with zero attached hydrogens (tertiary/aromatic N) is 1. The third kappa shape index (κ3) is 6.45. The second-order valence-corrected chi connectivity index (χ2v) is 9.27. The molecule has 0 fully saturated rings. The third-order valence-corrected chi connectivity index (χ3v) is 6.95. The summed E-state index contributed by atoms with van der Waals surface area (Å²) >= 11 is 0. The molecule has 7 heteroatoms. The van der Waals surface area contributed by atoms with Gasteiger partial charge in [-0.15, -0.1) is 0 Å². The summed E-state index contributed by atoms with van der Waals surface area (Å²) in [7, 11) is 1.55. The maximum atomic E-state index is 14.1. The summed E-state index contributed by atoms with van der Waals surface area (Å²) < 4.78 is 11.7. The first-order chi connectivity index (χ1) is 18.6. The van der Waals surface area contributed by atoms with E-state index < -0.39 is 17.9 Å². The standard InChI is InChI=1S/C32H29NO5.K/c1-37-28-18-17-25-20-33(31(34)29(23-13-7-3-8-14-23)24-15-9-4-10-16-24)27(32(35)36)19-26(25)30(28)38-21-22-11-5-2-6-12-22;/h2-18,27,29H,19-21H2,1H3,(H,35,36);/q;+1/p-1. The summed E-state index contributed by atoms with van der Waals surface area (Å²) in [5, 5.41) is 12.4. The van der Waals surface area contributed by atoms with Gasteiger partial charge in [-0.05, 0) is 28.3 Å². The van der Waals surface area contributed by atoms with E-state index >= 15 is 0 Å². The first-order valence-electron chi connectivity index (χ1n) is 12.5. The fraction of sp³-hybridized carbons (Fsp3) is 0.188. The van der Waals surface area contributed by atoms with Gasteiger partial charge in [-0.2, -0.15) is 0 Å². The minimum absolute atomic E-state index is 0. The molecular weight excluding hydrogens is 517 g/mol. The van der Waals surface area contributed by atoms with Crippen molar-refractivity contribution in [1.82, 2.24) is 4.90 Å². The number of carbonyl (C=O) groups is 2. The summed E-state index contributed by atoms with van der Waals surface area (Å²) in [6.07, 6.45) is 0.0566. The van der Waals surface area contributed by atoms with E-state index in [1.54, 1.807) is 13.2 Å². The topological polar surface area (TPSA) is 78.9 Å². The Balaban J connectivity index is 0.00000353. The van der Waals surface area contributed by atoms with Gasteiger partial charge >= 0.3 is 51.4 Å². The third-order valence-electron chi connectivity index (χ3n) is 6.95. The molecule has 5 rings (SSSR count). The first-order valence-corrected chi connectivity index (χ1v) is 12.5. The van der Waals surface area contributed by atoms with Crippen molar-refractivity contribution in [1.29, 1.82) is 0 Å². The van der Waals surface area contributed by atoms with Gasteiger partial charge in [-0.1, -0.05) is 97.1 Å². The van der Waals surface area contributed by atoms with Crippen molar-refractivity contribution in [3.05, 3.63) is 131 Å². The van der Waals surface area contributed by atoms with Crippen LogP contribution in [0.2, 0.25) is 0 Å². The molecule has 0 N–H and O–H groups in total. The summed E-state index contributed by atoms with van der Waals surface area (Å²) in [5.74, 6) is -1.23. The fourth-order valence-corrected chi connectivity index (χ4v) is 5.04. The molecular formula is C32H28KNO5. The molecule has 0 aliphatic carbocycles. The summed E-state index contributed by atoms with van der Waals surface area (Å²) in [6, 6.07) is 31.1. The van der Waals surface area contributed by atoms with Crippen LogP contribution in [-0.4, -0.2) is 29.9 Å². The van der Waals surface area contributed by atoms with E-state index in [-0.39, 0.29) is 70.3 Å². The Bertz CT molecular complexity index is 1370. The van der Waals surface area contributed by atoms with Crippen LogP contribution >= 0.6 is 0 Å². The number of carbonyl (C=O) groups excluding carboxylic acids is 2. The van der Waals surface area contributed by atoms with Gasteiger partial charge in [0.2, 0.25) is 5.91 Å². The number of hydrogen-bond acceptors (Lipinski definition) is 5. The molecule has 0 radical (unpaired) electrons. The Labute approximate surface area is 271 Å². The number of hydrogen-bond donors (Lipinski definition) is 0. The van der Waals surface area contributed by atoms with Crippen LogP contribution in [0.4, 0.5) is 0 Å². The Morgan fingerprint density at radius 3 is 1.97 bits per heavy atom. The Hall–Kier alpha value is -2.94. The Kier molecular flexibility index (Phi) is 9.99. The van der Waals surface area contributed by atoms with E-state index in [0.29, 0.717) is 18.1 Å². The van der Waals surface area contributed by atoms with Crippen molar-refractivity contribution in [2.45, 2.75) is 31.5 Å². The number of fused-ring (bicyclic) bond motifs is 1. The molecule has 1 aliphatic rings. The van der Waals surface area contributed by atoms with E-state index in [4.69, 9.17) is 9.47 Å². The van der Waals surface area contributed by atoms with Crippen molar-refractivity contribution in [3.63, 3.8) is 0 Å². The maximum Gasteiger partial charge on any atom is 1.00 e. The number of aliphatic carboxylic acids is 1. The zero-order valence-electron chi connectivity index (χ0n) is 22.1. The Morgan fingerprint density at radius 1 is 0.872 bits per heavy atom. The molecule has 1 heterocycles. The van der Waals surface area contributed by atoms with Gasteiger partial charge in [0.15, 0.2) is 11.5 Å². The maximum absolute atomic E-state index is 14.1. The largest absolute Gasteiger partial charge is 1.00 e. The van der Waals surface area contributed by atoms with Crippen LogP contribution in [0.25, 0.3) is 0 Å². The van der Waals surface area contributed by atoms with E-state index in [0.717, 1.165) is 27.8 Å². The van der Waals surface area contributed by atoms with Crippen molar-refractivity contribution in [2.24, 2.45) is 0 Å². The van der Waals surface area contributed by atoms with E-state index in [1.807, 2.05) is 97.1 Å². The molecule has 0 bridgehead atoms. The molecule has 4 aromatic carbocycles. The van der Waals surface area contributed by atoms with E-state index in [9.17, 15) is 14.7 Å². The van der Waals surface area contributed by atoms with Crippen LogP contribution in [0.3, 0.4) is 0 Å². The van der Waals surface area contributed by atoms with Crippen molar-refractivity contribution >= 4 is 11.9 Å². The predicted molar refractivity (Wildman–Crippen MR) is 142 cm³/mol. The van der Waals surface area contributed by atoms with E-state index in [2.05, 4.69) is 0 Å². The van der Waals surface area contributed by atoms with Crippen molar-refractivity contribution in [2.75, 3.05) is 7.11 Å². The average Bonchev–Trinajstić information content (AvgIpc) is 2.96. The molecule has 39 heavy (non-hydrogen) atoms. The van der Waals surface area contributed by atoms with Gasteiger partial charge in [0, 0.05) is 18.5 Å². The molecule has 1 unspecified atom stereocenters. The summed E-state index contributed by atoms with van der Waals surface area (Å²) in [5.41, 5.74) is 4.11. The zero-order chi connectivity index (χ0) is 26.5. The fourth-order valence-electron chi connectivity index (χ4n) is 5.04. The van der Waals surface area contributed by atoms with E-state index in [1.165, 1.54) is 4.90 Å². The monoisotopic (exact) mass is 545 g/mol. The number of carboxylic acids is 1. The summed E-state index contributed by atoms with van der Waals surface area (Å²) in [6.45, 7) is 0.422. The smallest absolute Gasteiger partial charge is 0.548 e. The minimum Gasteiger partial charge on any atom is -0.548 e. The van der Waals surface area contributed by atoms with Crippen LogP contribution < -0.4 is 66.0 Å². The zero-order valence-corrected chi connectivity index (χ0v) is 25.2. The summed E-state index contributed by atoms with van der Waals surface area (Å²) in [4.78, 5) is 28.0. The quantitative estimate of drug-likeness (QED) is 0.310.